The molecule has 1 atom stereocenters. The quantitative estimate of drug-likeness (QED) is 0.546. The Morgan fingerprint density at radius 1 is 1.58 bits per heavy atom. The maximum Gasteiger partial charge on any atom is 0.118 e. The summed E-state index contributed by atoms with van der Waals surface area (Å²) in [4.78, 5) is 1.03. The highest BCUT2D eigenvalue weighted by atomic mass is 33.1. The molecule has 0 aliphatic heterocycles. The van der Waals surface area contributed by atoms with Gasteiger partial charge in [0.1, 0.15) is 5.75 Å². The molecule has 0 amide bonds. The molecular weight excluding hydrogens is 189 g/mol. The van der Waals surface area contributed by atoms with Gasteiger partial charge < -0.3 is 4.74 Å². The van der Waals surface area contributed by atoms with Crippen molar-refractivity contribution >= 4 is 21.6 Å². The average Bonchev–Trinajstić information content (AvgIpc) is 2.14. The zero-order valence-corrected chi connectivity index (χ0v) is 8.67. The van der Waals surface area contributed by atoms with Crippen LogP contribution in [0.5, 0.6) is 5.75 Å². The van der Waals surface area contributed by atoms with Crippen molar-refractivity contribution < 1.29 is 7.48 Å². The van der Waals surface area contributed by atoms with Crippen LogP contribution in [0.1, 0.15) is 9.67 Å². The molecule has 12 heavy (non-hydrogen) atoms. The molecule has 0 saturated carbocycles. The normalized spacial score (nSPS) is 17.5. The van der Waals surface area contributed by atoms with E-state index < -0.39 is 5.70 Å². The van der Waals surface area contributed by atoms with E-state index in [4.69, 9.17) is 7.48 Å². The third kappa shape index (κ3) is 2.99. The fourth-order valence-electron chi connectivity index (χ4n) is 0.721. The lowest BCUT2D eigenvalue weighted by atomic mass is 10.3. The molecule has 0 heterocycles. The molecular formula is C9H12OS2. The maximum atomic E-state index is 7.34. The lowest BCUT2D eigenvalue weighted by Gasteiger charge is -2.00. The lowest BCUT2D eigenvalue weighted by molar-refractivity contribution is 0.414. The number of ether oxygens (including phenoxy) is 1. The van der Waals surface area contributed by atoms with E-state index in [1.165, 1.54) is 21.6 Å². The number of methoxy groups -OCH3 is 1. The first-order valence-electron chi connectivity index (χ1n) is 4.51. The van der Waals surface area contributed by atoms with E-state index in [9.17, 15) is 0 Å². The zero-order valence-electron chi connectivity index (χ0n) is 9.03. The molecule has 0 aliphatic rings. The standard InChI is InChI=1S/C9H12OS2/c1-3-11-12-9-6-4-8(10-2)5-7-9/h4-7H,3H2,1-2H3/i3+1DH/t3-/m0/s1. The summed E-state index contributed by atoms with van der Waals surface area (Å²) in [5, 5.41) is 0. The van der Waals surface area contributed by atoms with Gasteiger partial charge in [0.2, 0.25) is 0 Å². The van der Waals surface area contributed by atoms with Gasteiger partial charge in [0, 0.05) is 13.3 Å². The Balaban J connectivity index is 2.52. The fraction of sp³-hybridized carbons (Fsp3) is 0.333. The Morgan fingerprint density at radius 2 is 2.25 bits per heavy atom. The molecule has 0 bridgehead atoms. The van der Waals surface area contributed by atoms with Crippen LogP contribution in [0, 0.1) is 0 Å². The van der Waals surface area contributed by atoms with Crippen LogP contribution in [0.2, 0.25) is 0 Å². The molecule has 1 aromatic rings. The second kappa shape index (κ2) is 5.38. The van der Waals surface area contributed by atoms with Crippen molar-refractivity contribution in [3.63, 3.8) is 0 Å². The highest BCUT2D eigenvalue weighted by molar-refractivity contribution is 8.76. The molecule has 1 aromatic carbocycles. The van der Waals surface area contributed by atoms with Gasteiger partial charge >= 0.3 is 0 Å². The Hall–Kier alpha value is -0.280. The summed E-state index contributed by atoms with van der Waals surface area (Å²) >= 11 is 0. The largest absolute Gasteiger partial charge is 0.497 e. The Bertz CT molecular complexity index is 282. The minimum absolute atomic E-state index is 0.818. The molecule has 0 fully saturated rings. The van der Waals surface area contributed by atoms with Crippen LogP contribution in [0.15, 0.2) is 29.2 Å². The van der Waals surface area contributed by atoms with Gasteiger partial charge in [-0.2, -0.15) is 0 Å². The van der Waals surface area contributed by atoms with Gasteiger partial charge in [-0.05, 0) is 24.3 Å². The van der Waals surface area contributed by atoms with Gasteiger partial charge in [-0.25, -0.2) is 0 Å². The summed E-state index contributed by atoms with van der Waals surface area (Å²) in [5.41, 5.74) is -1.20. The summed E-state index contributed by atoms with van der Waals surface area (Å²) in [6.45, 7) is 1.55. The van der Waals surface area contributed by atoms with Crippen LogP contribution in [-0.2, 0) is 0 Å². The van der Waals surface area contributed by atoms with E-state index in [-0.39, 0.29) is 0 Å². The molecule has 1 nitrogen and oxygen atoms in total. The average molecular weight is 202 g/mol. The molecule has 0 N–H and O–H groups in total. The minimum Gasteiger partial charge on any atom is -0.497 e. The molecule has 0 unspecified atom stereocenters. The maximum absolute atomic E-state index is 7.34. The number of rotatable bonds is 4. The van der Waals surface area contributed by atoms with E-state index in [2.05, 4.69) is 0 Å². The van der Waals surface area contributed by atoms with Gasteiger partial charge in [-0.1, -0.05) is 28.5 Å². The molecule has 0 aromatic heterocycles. The Morgan fingerprint density at radius 3 is 2.75 bits per heavy atom. The first-order valence-corrected chi connectivity index (χ1v) is 5.66. The van der Waals surface area contributed by atoms with E-state index in [0.717, 1.165) is 10.6 Å². The topological polar surface area (TPSA) is 9.23 Å². The third-order valence-electron chi connectivity index (χ3n) is 1.28. The number of hydrogen-bond donors (Lipinski definition) is 0. The Kier molecular flexibility index (Phi) is 3.21. The minimum atomic E-state index is -1.20. The summed E-state index contributed by atoms with van der Waals surface area (Å²) in [7, 11) is 4.27. The molecule has 3 heteroatoms. The third-order valence-corrected chi connectivity index (χ3v) is 3.32. The number of hydrogen-bond acceptors (Lipinski definition) is 3. The first kappa shape index (κ1) is 7.15. The van der Waals surface area contributed by atoms with E-state index >= 15 is 0 Å². The first-order chi connectivity index (χ1) is 6.51. The fourth-order valence-corrected chi connectivity index (χ4v) is 2.02. The van der Waals surface area contributed by atoms with Gasteiger partial charge in [0.25, 0.3) is 0 Å². The van der Waals surface area contributed by atoms with Gasteiger partial charge in [-0.15, -0.1) is 0 Å². The van der Waals surface area contributed by atoms with E-state index in [1.54, 1.807) is 14.0 Å². The van der Waals surface area contributed by atoms with Crippen molar-refractivity contribution in [2.45, 2.75) is 11.8 Å². The van der Waals surface area contributed by atoms with Gasteiger partial charge in [0.05, 0.1) is 7.11 Å². The SMILES string of the molecule is [1H][13C@]([2H])(C)SSc1ccc(OC)cc1. The van der Waals surface area contributed by atoms with Crippen LogP contribution in [-0.4, -0.2) is 12.8 Å². The van der Waals surface area contributed by atoms with Crippen molar-refractivity contribution in [1.82, 2.24) is 0 Å². The highest BCUT2D eigenvalue weighted by Crippen LogP contribution is 2.31. The summed E-state index contributed by atoms with van der Waals surface area (Å²) in [6.07, 6.45) is 0. The van der Waals surface area contributed by atoms with E-state index in [1.807, 2.05) is 24.3 Å². The molecule has 0 saturated heterocycles. The van der Waals surface area contributed by atoms with Crippen LogP contribution in [0.25, 0.3) is 0 Å². The van der Waals surface area contributed by atoms with Crippen molar-refractivity contribution in [3.05, 3.63) is 24.3 Å². The van der Waals surface area contributed by atoms with Crippen molar-refractivity contribution in [2.24, 2.45) is 0 Å². The van der Waals surface area contributed by atoms with Crippen LogP contribution in [0.4, 0.5) is 0 Å². The molecule has 0 aliphatic carbocycles. The second-order valence-electron chi connectivity index (χ2n) is 2.05. The monoisotopic (exact) mass is 202 g/mol. The summed E-state index contributed by atoms with van der Waals surface area (Å²) < 4.78 is 19.7. The zero-order chi connectivity index (χ0) is 10.6. The molecule has 1 rings (SSSR count). The number of benzene rings is 1. The molecule has 0 radical (unpaired) electrons. The van der Waals surface area contributed by atoms with Crippen molar-refractivity contribution in [3.8, 4) is 5.75 Å². The van der Waals surface area contributed by atoms with Crippen LogP contribution < -0.4 is 4.74 Å². The van der Waals surface area contributed by atoms with Crippen molar-refractivity contribution in [2.75, 3.05) is 12.8 Å². The lowest BCUT2D eigenvalue weighted by Crippen LogP contribution is -1.80. The summed E-state index contributed by atoms with van der Waals surface area (Å²) in [6, 6.07) is 7.58. The second-order valence-corrected chi connectivity index (χ2v) is 4.26. The van der Waals surface area contributed by atoms with Crippen molar-refractivity contribution in [1.29, 1.82) is 0 Å². The predicted octanol–water partition coefficient (Wildman–Crippen LogP) is 3.46. The predicted molar refractivity (Wildman–Crippen MR) is 57.0 cm³/mol. The Labute approximate surface area is 84.1 Å². The van der Waals surface area contributed by atoms with Gasteiger partial charge in [-0.3, -0.25) is 0 Å². The van der Waals surface area contributed by atoms with Crippen LogP contribution >= 0.6 is 21.6 Å². The van der Waals surface area contributed by atoms with Gasteiger partial charge in [0.15, 0.2) is 0 Å². The molecule has 66 valence electrons. The van der Waals surface area contributed by atoms with E-state index in [0.29, 0.717) is 0 Å². The molecule has 0 spiro atoms. The highest BCUT2D eigenvalue weighted by Gasteiger charge is 1.93. The van der Waals surface area contributed by atoms with Crippen LogP contribution in [0.3, 0.4) is 0 Å². The summed E-state index contributed by atoms with van der Waals surface area (Å²) in [5.74, 6) is 0.818. The smallest absolute Gasteiger partial charge is 0.118 e.